The Labute approximate surface area is 156 Å². The van der Waals surface area contributed by atoms with Crippen LogP contribution < -0.4 is 0 Å². The van der Waals surface area contributed by atoms with E-state index in [1.54, 1.807) is 36.3 Å². The Bertz CT molecular complexity index is 923. The average molecular weight is 377 g/mol. The van der Waals surface area contributed by atoms with Gasteiger partial charge in [0.1, 0.15) is 11.3 Å². The van der Waals surface area contributed by atoms with Crippen molar-refractivity contribution < 1.29 is 4.79 Å². The second kappa shape index (κ2) is 7.42. The Morgan fingerprint density at radius 3 is 2.84 bits per heavy atom. The highest BCUT2D eigenvalue weighted by Gasteiger charge is 2.19. The summed E-state index contributed by atoms with van der Waals surface area (Å²) in [6, 6.07) is 8.65. The molecule has 0 aliphatic heterocycles. The van der Waals surface area contributed by atoms with E-state index in [-0.39, 0.29) is 5.91 Å². The van der Waals surface area contributed by atoms with Gasteiger partial charge in [-0.25, -0.2) is 9.97 Å². The van der Waals surface area contributed by atoms with Gasteiger partial charge in [-0.2, -0.15) is 0 Å². The van der Waals surface area contributed by atoms with Gasteiger partial charge in [-0.3, -0.25) is 4.79 Å². The number of carbonyl (C=O) groups excluding carboxylic acids is 1. The molecule has 25 heavy (non-hydrogen) atoms. The van der Waals surface area contributed by atoms with E-state index in [2.05, 4.69) is 21.5 Å². The third-order valence-corrected chi connectivity index (χ3v) is 4.48. The van der Waals surface area contributed by atoms with E-state index in [9.17, 15) is 4.79 Å². The predicted octanol–water partition coefficient (Wildman–Crippen LogP) is 4.42. The first kappa shape index (κ1) is 17.7. The number of imidazole rings is 1. The van der Waals surface area contributed by atoms with E-state index in [1.165, 1.54) is 0 Å². The van der Waals surface area contributed by atoms with Gasteiger partial charge >= 0.3 is 0 Å². The zero-order chi connectivity index (χ0) is 18.0. The first-order chi connectivity index (χ1) is 12.0. The second-order valence-electron chi connectivity index (χ2n) is 5.81. The Kier molecular flexibility index (Phi) is 5.25. The third-order valence-electron chi connectivity index (χ3n) is 3.91. The monoisotopic (exact) mass is 376 g/mol. The fourth-order valence-corrected chi connectivity index (χ4v) is 3.11. The van der Waals surface area contributed by atoms with Crippen LogP contribution in [0.5, 0.6) is 0 Å². The van der Waals surface area contributed by atoms with Gasteiger partial charge in [0, 0.05) is 24.8 Å². The molecule has 0 fully saturated rings. The molecule has 0 saturated heterocycles. The minimum absolute atomic E-state index is 0.199. The molecule has 0 N–H and O–H groups in total. The van der Waals surface area contributed by atoms with Gasteiger partial charge in [0.15, 0.2) is 5.65 Å². The van der Waals surface area contributed by atoms with Gasteiger partial charge in [0.2, 0.25) is 0 Å². The second-order valence-corrected chi connectivity index (χ2v) is 6.65. The number of hydrogen-bond acceptors (Lipinski definition) is 3. The molecule has 0 aliphatic rings. The van der Waals surface area contributed by atoms with E-state index in [1.807, 2.05) is 12.1 Å². The van der Waals surface area contributed by atoms with Crippen LogP contribution in [0.25, 0.3) is 11.2 Å². The highest BCUT2D eigenvalue weighted by atomic mass is 35.5. The van der Waals surface area contributed by atoms with Crippen LogP contribution in [-0.2, 0) is 13.1 Å². The van der Waals surface area contributed by atoms with E-state index in [0.29, 0.717) is 22.2 Å². The van der Waals surface area contributed by atoms with Crippen molar-refractivity contribution in [1.82, 2.24) is 19.4 Å². The summed E-state index contributed by atoms with van der Waals surface area (Å²) in [6.45, 7) is 3.25. The smallest absolute Gasteiger partial charge is 0.255 e. The van der Waals surface area contributed by atoms with Crippen LogP contribution in [0.15, 0.2) is 36.5 Å². The first-order valence-corrected chi connectivity index (χ1v) is 8.77. The van der Waals surface area contributed by atoms with E-state index in [4.69, 9.17) is 23.2 Å². The molecule has 0 spiro atoms. The summed E-state index contributed by atoms with van der Waals surface area (Å²) in [5.74, 6) is 0.597. The summed E-state index contributed by atoms with van der Waals surface area (Å²) in [5.41, 5.74) is 2.04. The molecule has 3 rings (SSSR count). The zero-order valence-corrected chi connectivity index (χ0v) is 15.6. The number of amides is 1. The molecular formula is C18H18Cl2N4O. The average Bonchev–Trinajstić information content (AvgIpc) is 2.94. The molecule has 7 heteroatoms. The van der Waals surface area contributed by atoms with Gasteiger partial charge in [0.25, 0.3) is 5.91 Å². The molecule has 5 nitrogen and oxygen atoms in total. The maximum atomic E-state index is 12.7. The lowest BCUT2D eigenvalue weighted by Crippen LogP contribution is -2.28. The molecule has 0 bridgehead atoms. The molecule has 130 valence electrons. The van der Waals surface area contributed by atoms with Crippen LogP contribution in [0.4, 0.5) is 0 Å². The molecule has 1 amide bonds. The van der Waals surface area contributed by atoms with Gasteiger partial charge in [-0.15, -0.1) is 0 Å². The summed E-state index contributed by atoms with van der Waals surface area (Å²) in [7, 11) is 1.72. The number of aromatic nitrogens is 3. The van der Waals surface area contributed by atoms with Crippen molar-refractivity contribution in [2.24, 2.45) is 0 Å². The molecular weight excluding hydrogens is 359 g/mol. The maximum absolute atomic E-state index is 12.7. The van der Waals surface area contributed by atoms with Crippen molar-refractivity contribution in [3.63, 3.8) is 0 Å². The summed E-state index contributed by atoms with van der Waals surface area (Å²) in [4.78, 5) is 23.4. The van der Waals surface area contributed by atoms with Gasteiger partial charge in [-0.05, 0) is 36.8 Å². The van der Waals surface area contributed by atoms with E-state index >= 15 is 0 Å². The number of benzene rings is 1. The lowest BCUT2D eigenvalue weighted by Gasteiger charge is -2.18. The van der Waals surface area contributed by atoms with Crippen LogP contribution in [-0.4, -0.2) is 32.4 Å². The van der Waals surface area contributed by atoms with Crippen molar-refractivity contribution in [1.29, 1.82) is 0 Å². The molecule has 0 radical (unpaired) electrons. The van der Waals surface area contributed by atoms with Gasteiger partial charge in [0.05, 0.1) is 17.1 Å². The highest BCUT2D eigenvalue weighted by molar-refractivity contribution is 6.35. The number of rotatable bonds is 5. The summed E-state index contributed by atoms with van der Waals surface area (Å²) < 4.78 is 2.05. The van der Waals surface area contributed by atoms with Crippen LogP contribution in [0.3, 0.4) is 0 Å². The molecule has 2 heterocycles. The van der Waals surface area contributed by atoms with Crippen LogP contribution >= 0.6 is 23.2 Å². The van der Waals surface area contributed by atoms with E-state index in [0.717, 1.165) is 30.0 Å². The van der Waals surface area contributed by atoms with E-state index < -0.39 is 0 Å². The molecule has 0 atom stereocenters. The predicted molar refractivity (Wildman–Crippen MR) is 100 cm³/mol. The molecule has 0 saturated carbocycles. The van der Waals surface area contributed by atoms with Gasteiger partial charge < -0.3 is 9.47 Å². The Morgan fingerprint density at radius 2 is 2.08 bits per heavy atom. The van der Waals surface area contributed by atoms with Crippen LogP contribution in [0, 0.1) is 0 Å². The first-order valence-electron chi connectivity index (χ1n) is 8.02. The summed E-state index contributed by atoms with van der Waals surface area (Å²) >= 11 is 12.1. The molecule has 3 aromatic rings. The van der Waals surface area contributed by atoms with Crippen LogP contribution in [0.1, 0.15) is 29.5 Å². The number of nitrogens with zero attached hydrogens (tertiary/aromatic N) is 4. The van der Waals surface area contributed by atoms with Crippen LogP contribution in [0.2, 0.25) is 10.0 Å². The molecule has 0 unspecified atom stereocenters. The number of halogens is 2. The largest absolute Gasteiger partial charge is 0.334 e. The Hall–Kier alpha value is -2.11. The third kappa shape index (κ3) is 3.62. The van der Waals surface area contributed by atoms with Crippen molar-refractivity contribution in [2.75, 3.05) is 7.05 Å². The maximum Gasteiger partial charge on any atom is 0.255 e. The lowest BCUT2D eigenvalue weighted by atomic mass is 10.2. The van der Waals surface area contributed by atoms with Gasteiger partial charge in [-0.1, -0.05) is 30.1 Å². The minimum Gasteiger partial charge on any atom is -0.334 e. The number of fused-ring (bicyclic) bond motifs is 1. The fraction of sp³-hybridized carbons (Fsp3) is 0.278. The SMILES string of the molecule is CCCn1c(CN(C)C(=O)c2cc(Cl)ccc2Cl)nc2cccnc21. The highest BCUT2D eigenvalue weighted by Crippen LogP contribution is 2.23. The molecule has 2 aromatic heterocycles. The minimum atomic E-state index is -0.199. The molecule has 1 aromatic carbocycles. The topological polar surface area (TPSA) is 51.0 Å². The van der Waals surface area contributed by atoms with Crippen molar-refractivity contribution >= 4 is 40.3 Å². The summed E-state index contributed by atoms with van der Waals surface area (Å²) in [5, 5.41) is 0.855. The fourth-order valence-electron chi connectivity index (χ4n) is 2.74. The number of carbonyl (C=O) groups is 1. The number of pyridine rings is 1. The zero-order valence-electron chi connectivity index (χ0n) is 14.0. The number of aryl methyl sites for hydroxylation is 1. The Morgan fingerprint density at radius 1 is 1.28 bits per heavy atom. The quantitative estimate of drug-likeness (QED) is 0.661. The number of hydrogen-bond donors (Lipinski definition) is 0. The lowest BCUT2D eigenvalue weighted by molar-refractivity contribution is 0.0780. The standard InChI is InChI=1S/C18H18Cl2N4O/c1-3-9-24-16(22-15-5-4-8-21-17(15)24)11-23(2)18(25)13-10-12(19)6-7-14(13)20/h4-8,10H,3,9,11H2,1-2H3. The molecule has 0 aliphatic carbocycles. The Balaban J connectivity index is 1.91. The normalized spacial score (nSPS) is 11.0. The van der Waals surface area contributed by atoms with Crippen molar-refractivity contribution in [2.45, 2.75) is 26.4 Å². The summed E-state index contributed by atoms with van der Waals surface area (Å²) in [6.07, 6.45) is 2.70. The van der Waals surface area contributed by atoms with Crippen molar-refractivity contribution in [3.05, 3.63) is 58.0 Å². The van der Waals surface area contributed by atoms with Crippen molar-refractivity contribution in [3.8, 4) is 0 Å².